The molecule has 2 unspecified atom stereocenters. The summed E-state index contributed by atoms with van der Waals surface area (Å²) in [7, 11) is 0.556. The Balaban J connectivity index is 2.66. The molecule has 1 rings (SSSR count). The van der Waals surface area contributed by atoms with Crippen LogP contribution >= 0.6 is 0 Å². The van der Waals surface area contributed by atoms with E-state index in [1.54, 1.807) is 7.05 Å². The van der Waals surface area contributed by atoms with Gasteiger partial charge in [0.25, 0.3) is 0 Å². The third-order valence-corrected chi connectivity index (χ3v) is 4.98. The minimum Gasteiger partial charge on any atom is -0.480 e. The Morgan fingerprint density at radius 3 is 2.63 bits per heavy atom. The molecule has 1 saturated carbocycles. The fraction of sp³-hybridized carbons (Fsp3) is 0.917. The Morgan fingerprint density at radius 2 is 2.16 bits per heavy atom. The average Bonchev–Trinajstić information content (AvgIpc) is 2.34. The molecule has 0 amide bonds. The zero-order chi connectivity index (χ0) is 14.7. The maximum atomic E-state index is 11.4. The molecule has 0 saturated heterocycles. The molecule has 1 aliphatic carbocycles. The number of hydrogen-bond acceptors (Lipinski definition) is 5. The molecule has 0 bridgehead atoms. The van der Waals surface area contributed by atoms with E-state index in [2.05, 4.69) is 5.32 Å². The summed E-state index contributed by atoms with van der Waals surface area (Å²) in [6, 6.07) is 0.110. The van der Waals surface area contributed by atoms with Crippen molar-refractivity contribution in [3.63, 3.8) is 0 Å². The number of nitrogens with zero attached hydrogens (tertiary/aromatic N) is 1. The molecule has 2 N–H and O–H groups in total. The summed E-state index contributed by atoms with van der Waals surface area (Å²) in [5.74, 6) is -0.712. The van der Waals surface area contributed by atoms with E-state index in [-0.39, 0.29) is 11.8 Å². The highest BCUT2D eigenvalue weighted by Gasteiger charge is 2.42. The van der Waals surface area contributed by atoms with E-state index in [0.29, 0.717) is 19.4 Å². The maximum absolute atomic E-state index is 11.4. The van der Waals surface area contributed by atoms with Gasteiger partial charge in [0.05, 0.1) is 5.75 Å². The zero-order valence-corrected chi connectivity index (χ0v) is 12.7. The lowest BCUT2D eigenvalue weighted by atomic mass is 9.78. The van der Waals surface area contributed by atoms with E-state index < -0.39 is 21.3 Å². The molecule has 0 radical (unpaired) electrons. The second-order valence-corrected chi connectivity index (χ2v) is 7.76. The number of carboxylic acids is 1. The van der Waals surface area contributed by atoms with Crippen molar-refractivity contribution < 1.29 is 18.3 Å². The molecule has 19 heavy (non-hydrogen) atoms. The predicted molar refractivity (Wildman–Crippen MR) is 74.0 cm³/mol. The molecular weight excluding hydrogens is 268 g/mol. The Morgan fingerprint density at radius 1 is 1.53 bits per heavy atom. The minimum absolute atomic E-state index is 0.110. The van der Waals surface area contributed by atoms with Crippen LogP contribution in [0, 0.1) is 0 Å². The van der Waals surface area contributed by atoms with Gasteiger partial charge in [-0.05, 0) is 39.8 Å². The molecule has 0 aliphatic heterocycles. The first kappa shape index (κ1) is 16.4. The van der Waals surface area contributed by atoms with Crippen LogP contribution in [0.1, 0.15) is 25.7 Å². The summed E-state index contributed by atoms with van der Waals surface area (Å²) in [5, 5.41) is 12.3. The topological polar surface area (TPSA) is 86.7 Å². The van der Waals surface area contributed by atoms with E-state index in [1.165, 1.54) is 6.26 Å². The normalized spacial score (nSPS) is 28.5. The van der Waals surface area contributed by atoms with Gasteiger partial charge in [-0.3, -0.25) is 4.79 Å². The number of hydrogen-bond donors (Lipinski definition) is 2. The fourth-order valence-corrected chi connectivity index (χ4v) is 3.26. The largest absolute Gasteiger partial charge is 0.480 e. The lowest BCUT2D eigenvalue weighted by molar-refractivity contribution is -0.147. The highest BCUT2D eigenvalue weighted by atomic mass is 32.2. The highest BCUT2D eigenvalue weighted by Crippen LogP contribution is 2.30. The van der Waals surface area contributed by atoms with Crippen LogP contribution in [0.15, 0.2) is 0 Å². The van der Waals surface area contributed by atoms with Gasteiger partial charge in [-0.2, -0.15) is 0 Å². The van der Waals surface area contributed by atoms with Crippen molar-refractivity contribution >= 4 is 15.8 Å². The van der Waals surface area contributed by atoms with Gasteiger partial charge in [0.2, 0.25) is 0 Å². The third-order valence-electron chi connectivity index (χ3n) is 4.05. The average molecular weight is 292 g/mol. The van der Waals surface area contributed by atoms with Gasteiger partial charge < -0.3 is 15.3 Å². The Hall–Kier alpha value is -0.660. The molecule has 0 aromatic heterocycles. The number of nitrogens with one attached hydrogen (secondary N) is 1. The Kier molecular flexibility index (Phi) is 5.34. The first-order chi connectivity index (χ1) is 8.70. The number of rotatable bonds is 6. The molecule has 0 spiro atoms. The van der Waals surface area contributed by atoms with Crippen molar-refractivity contribution in [3.05, 3.63) is 0 Å². The molecule has 6 nitrogen and oxygen atoms in total. The van der Waals surface area contributed by atoms with Crippen LogP contribution in [-0.4, -0.2) is 68.6 Å². The molecule has 1 fully saturated rings. The zero-order valence-electron chi connectivity index (χ0n) is 11.8. The first-order valence-electron chi connectivity index (χ1n) is 6.50. The Bertz CT molecular complexity index is 423. The Labute approximate surface area is 115 Å². The van der Waals surface area contributed by atoms with E-state index in [9.17, 15) is 18.3 Å². The lowest BCUT2D eigenvalue weighted by Gasteiger charge is -2.41. The summed E-state index contributed by atoms with van der Waals surface area (Å²) in [6.07, 6.45) is 4.10. The van der Waals surface area contributed by atoms with E-state index >= 15 is 0 Å². The van der Waals surface area contributed by atoms with Crippen LogP contribution in [0.2, 0.25) is 0 Å². The predicted octanol–water partition coefficient (Wildman–Crippen LogP) is -0.0518. The summed E-state index contributed by atoms with van der Waals surface area (Å²) < 4.78 is 22.4. The lowest BCUT2D eigenvalue weighted by Crippen LogP contribution is -2.57. The third kappa shape index (κ3) is 4.43. The number of carbonyl (C=O) groups is 1. The number of sulfone groups is 1. The van der Waals surface area contributed by atoms with Gasteiger partial charge in [0, 0.05) is 18.8 Å². The molecule has 7 heteroatoms. The van der Waals surface area contributed by atoms with Gasteiger partial charge >= 0.3 is 5.97 Å². The molecule has 0 aromatic carbocycles. The van der Waals surface area contributed by atoms with Gasteiger partial charge in [-0.25, -0.2) is 8.42 Å². The molecule has 112 valence electrons. The number of aliphatic carboxylic acids is 1. The number of likely N-dealkylation sites (N-methyl/N-ethyl adjacent to an activating group) is 1. The van der Waals surface area contributed by atoms with E-state index in [0.717, 1.165) is 12.8 Å². The quantitative estimate of drug-likeness (QED) is 0.714. The fourth-order valence-electron chi connectivity index (χ4n) is 2.64. The van der Waals surface area contributed by atoms with E-state index in [1.807, 2.05) is 11.9 Å². The van der Waals surface area contributed by atoms with Crippen molar-refractivity contribution in [1.82, 2.24) is 10.2 Å². The van der Waals surface area contributed by atoms with Crippen molar-refractivity contribution in [2.75, 3.05) is 32.6 Å². The second kappa shape index (κ2) is 6.19. The van der Waals surface area contributed by atoms with Crippen LogP contribution in [0.4, 0.5) is 0 Å². The summed E-state index contributed by atoms with van der Waals surface area (Å²) >= 11 is 0. The van der Waals surface area contributed by atoms with Gasteiger partial charge in [0.15, 0.2) is 0 Å². The second-order valence-electron chi connectivity index (χ2n) is 5.50. The van der Waals surface area contributed by atoms with Crippen LogP contribution in [0.3, 0.4) is 0 Å². The standard InChI is InChI=1S/C12H24N2O4S/c1-13-12(11(15)16)6-4-5-10(9-12)14(2)7-8-19(3,17)18/h10,13H,4-9H2,1-3H3,(H,15,16). The highest BCUT2D eigenvalue weighted by molar-refractivity contribution is 7.90. The van der Waals surface area contributed by atoms with Crippen LogP contribution in [-0.2, 0) is 14.6 Å². The van der Waals surface area contributed by atoms with Crippen molar-refractivity contribution in [2.45, 2.75) is 37.3 Å². The molecule has 0 heterocycles. The summed E-state index contributed by atoms with van der Waals surface area (Å²) in [4.78, 5) is 13.4. The summed E-state index contributed by atoms with van der Waals surface area (Å²) in [6.45, 7) is 0.447. The van der Waals surface area contributed by atoms with Gasteiger partial charge in [-0.15, -0.1) is 0 Å². The van der Waals surface area contributed by atoms with Crippen LogP contribution < -0.4 is 5.32 Å². The smallest absolute Gasteiger partial charge is 0.323 e. The van der Waals surface area contributed by atoms with Crippen LogP contribution in [0.5, 0.6) is 0 Å². The van der Waals surface area contributed by atoms with Crippen molar-refractivity contribution in [3.8, 4) is 0 Å². The van der Waals surface area contributed by atoms with Crippen molar-refractivity contribution in [1.29, 1.82) is 0 Å². The number of carboxylic acid groups (broad SMARTS) is 1. The van der Waals surface area contributed by atoms with E-state index in [4.69, 9.17) is 0 Å². The van der Waals surface area contributed by atoms with Gasteiger partial charge in [0.1, 0.15) is 15.4 Å². The minimum atomic E-state index is -2.98. The van der Waals surface area contributed by atoms with Crippen LogP contribution in [0.25, 0.3) is 0 Å². The molecule has 2 atom stereocenters. The maximum Gasteiger partial charge on any atom is 0.323 e. The first-order valence-corrected chi connectivity index (χ1v) is 8.56. The monoisotopic (exact) mass is 292 g/mol. The molecule has 0 aromatic rings. The summed E-state index contributed by atoms with van der Waals surface area (Å²) in [5.41, 5.74) is -0.873. The molecular formula is C12H24N2O4S. The molecule has 1 aliphatic rings. The SMILES string of the molecule is CNC1(C(=O)O)CCCC(N(C)CCS(C)(=O)=O)C1. The van der Waals surface area contributed by atoms with Gasteiger partial charge in [-0.1, -0.05) is 0 Å². The van der Waals surface area contributed by atoms with Crippen molar-refractivity contribution in [2.24, 2.45) is 0 Å².